The molecule has 1 rings (SSSR count). The lowest BCUT2D eigenvalue weighted by molar-refractivity contribution is 0.614. The quantitative estimate of drug-likeness (QED) is 0.869. The van der Waals surface area contributed by atoms with Crippen molar-refractivity contribution < 1.29 is 8.60 Å². The Morgan fingerprint density at radius 2 is 2.29 bits per heavy atom. The van der Waals surface area contributed by atoms with Crippen LogP contribution in [0.5, 0.6) is 0 Å². The molecule has 0 saturated carbocycles. The maximum atomic E-state index is 13.5. The molecule has 0 spiro atoms. The van der Waals surface area contributed by atoms with E-state index in [1.807, 2.05) is 13.0 Å². The summed E-state index contributed by atoms with van der Waals surface area (Å²) in [6.45, 7) is 1.85. The van der Waals surface area contributed by atoms with Gasteiger partial charge < -0.3 is 5.73 Å². The Labute approximate surface area is 103 Å². The Morgan fingerprint density at radius 3 is 2.82 bits per heavy atom. The Kier molecular flexibility index (Phi) is 5.26. The number of rotatable bonds is 5. The van der Waals surface area contributed by atoms with E-state index >= 15 is 0 Å². The van der Waals surface area contributed by atoms with E-state index in [9.17, 15) is 8.60 Å². The third kappa shape index (κ3) is 4.63. The fourth-order valence-corrected chi connectivity index (χ4v) is 2.66. The van der Waals surface area contributed by atoms with Crippen LogP contribution in [0.2, 0.25) is 0 Å². The highest BCUT2D eigenvalue weighted by atomic mass is 32.2. The molecule has 0 amide bonds. The molecule has 0 aromatic heterocycles. The molecule has 0 heterocycles. The molecule has 2 N–H and O–H groups in total. The van der Waals surface area contributed by atoms with Gasteiger partial charge in [0.2, 0.25) is 0 Å². The lowest BCUT2D eigenvalue weighted by Gasteiger charge is -2.06. The molecule has 2 unspecified atom stereocenters. The summed E-state index contributed by atoms with van der Waals surface area (Å²) in [5.41, 5.74) is 6.21. The van der Waals surface area contributed by atoms with Crippen molar-refractivity contribution in [3.8, 4) is 6.07 Å². The zero-order chi connectivity index (χ0) is 12.8. The molecule has 1 aromatic rings. The lowest BCUT2D eigenvalue weighted by atomic mass is 10.1. The van der Waals surface area contributed by atoms with Crippen molar-refractivity contribution in [2.24, 2.45) is 5.73 Å². The predicted molar refractivity (Wildman–Crippen MR) is 66.1 cm³/mol. The summed E-state index contributed by atoms with van der Waals surface area (Å²) >= 11 is 0. The van der Waals surface area contributed by atoms with Gasteiger partial charge in [-0.3, -0.25) is 4.21 Å². The van der Waals surface area contributed by atoms with E-state index < -0.39 is 16.6 Å². The average Bonchev–Trinajstić information content (AvgIpc) is 2.29. The fraction of sp³-hybridized carbons (Fsp3) is 0.417. The predicted octanol–water partition coefficient (Wildman–Crippen LogP) is 1.68. The molecule has 3 nitrogen and oxygen atoms in total. The molecule has 1 aromatic carbocycles. The van der Waals surface area contributed by atoms with Gasteiger partial charge in [0.1, 0.15) is 5.82 Å². The van der Waals surface area contributed by atoms with E-state index in [4.69, 9.17) is 11.0 Å². The van der Waals surface area contributed by atoms with Crippen LogP contribution in [0.1, 0.15) is 24.5 Å². The minimum Gasteiger partial charge on any atom is -0.328 e. The molecular formula is C12H15FN2OS. The van der Waals surface area contributed by atoms with Crippen molar-refractivity contribution in [3.63, 3.8) is 0 Å². The van der Waals surface area contributed by atoms with Gasteiger partial charge >= 0.3 is 0 Å². The van der Waals surface area contributed by atoms with Gasteiger partial charge in [-0.25, -0.2) is 4.39 Å². The van der Waals surface area contributed by atoms with Gasteiger partial charge in [0.25, 0.3) is 0 Å². The lowest BCUT2D eigenvalue weighted by Crippen LogP contribution is -2.18. The van der Waals surface area contributed by atoms with E-state index in [0.717, 1.165) is 6.07 Å². The molecule has 0 fully saturated rings. The molecule has 0 aliphatic rings. The van der Waals surface area contributed by atoms with Crippen LogP contribution < -0.4 is 5.73 Å². The van der Waals surface area contributed by atoms with Crippen molar-refractivity contribution in [1.29, 1.82) is 5.26 Å². The van der Waals surface area contributed by atoms with Gasteiger partial charge in [-0.15, -0.1) is 0 Å². The minimum absolute atomic E-state index is 0.00441. The highest BCUT2D eigenvalue weighted by molar-refractivity contribution is 7.84. The van der Waals surface area contributed by atoms with Crippen LogP contribution in [0, 0.1) is 17.1 Å². The minimum atomic E-state index is -1.11. The second-order valence-electron chi connectivity index (χ2n) is 3.97. The highest BCUT2D eigenvalue weighted by Gasteiger charge is 2.08. The standard InChI is InChI=1S/C12H15FN2OS/c1-9(15)4-5-17(16)8-11-3-2-10(7-14)6-12(11)13/h2-3,6,9H,4-5,8,15H2,1H3. The summed E-state index contributed by atoms with van der Waals surface area (Å²) in [4.78, 5) is 0. The van der Waals surface area contributed by atoms with Crippen LogP contribution in [0.25, 0.3) is 0 Å². The van der Waals surface area contributed by atoms with Gasteiger partial charge in [-0.2, -0.15) is 5.26 Å². The number of benzene rings is 1. The van der Waals surface area contributed by atoms with E-state index in [2.05, 4.69) is 0 Å². The van der Waals surface area contributed by atoms with Crippen LogP contribution in [0.3, 0.4) is 0 Å². The summed E-state index contributed by atoms with van der Waals surface area (Å²) in [5, 5.41) is 8.59. The summed E-state index contributed by atoms with van der Waals surface area (Å²) < 4.78 is 25.1. The zero-order valence-corrected chi connectivity index (χ0v) is 10.5. The second-order valence-corrected chi connectivity index (χ2v) is 5.55. The summed E-state index contributed by atoms with van der Waals surface area (Å²) in [6, 6.07) is 6.07. The Bertz CT molecular complexity index is 454. The Hall–Kier alpha value is -1.25. The normalized spacial score (nSPS) is 14.0. The third-order valence-electron chi connectivity index (χ3n) is 2.30. The number of hydrogen-bond acceptors (Lipinski definition) is 3. The van der Waals surface area contributed by atoms with E-state index in [-0.39, 0.29) is 17.4 Å². The van der Waals surface area contributed by atoms with Crippen molar-refractivity contribution in [2.75, 3.05) is 5.75 Å². The summed E-state index contributed by atoms with van der Waals surface area (Å²) in [7, 11) is -1.11. The molecular weight excluding hydrogens is 239 g/mol. The van der Waals surface area contributed by atoms with E-state index in [1.165, 1.54) is 12.1 Å². The molecule has 0 radical (unpaired) electrons. The molecule has 17 heavy (non-hydrogen) atoms. The van der Waals surface area contributed by atoms with Crippen LogP contribution in [0.4, 0.5) is 4.39 Å². The summed E-state index contributed by atoms with van der Waals surface area (Å²) in [5.74, 6) is 0.166. The van der Waals surface area contributed by atoms with Gasteiger partial charge in [0.05, 0.1) is 17.4 Å². The van der Waals surface area contributed by atoms with Crippen LogP contribution in [-0.4, -0.2) is 16.0 Å². The molecule has 92 valence electrons. The first-order chi connectivity index (χ1) is 8.02. The topological polar surface area (TPSA) is 66.9 Å². The third-order valence-corrected chi connectivity index (χ3v) is 3.62. The molecule has 0 bridgehead atoms. The van der Waals surface area contributed by atoms with Crippen LogP contribution >= 0.6 is 0 Å². The molecule has 0 aliphatic carbocycles. The highest BCUT2D eigenvalue weighted by Crippen LogP contribution is 2.12. The molecule has 0 saturated heterocycles. The average molecular weight is 254 g/mol. The van der Waals surface area contributed by atoms with Gasteiger partial charge in [-0.1, -0.05) is 6.07 Å². The largest absolute Gasteiger partial charge is 0.328 e. The van der Waals surface area contributed by atoms with Crippen molar-refractivity contribution >= 4 is 10.8 Å². The maximum Gasteiger partial charge on any atom is 0.128 e. The fourth-order valence-electron chi connectivity index (χ4n) is 1.30. The Morgan fingerprint density at radius 1 is 1.59 bits per heavy atom. The second kappa shape index (κ2) is 6.48. The first-order valence-electron chi connectivity index (χ1n) is 5.32. The number of nitrogens with two attached hydrogens (primary N) is 1. The SMILES string of the molecule is CC(N)CCS(=O)Cc1ccc(C#N)cc1F. The number of nitrogens with zero attached hydrogens (tertiary/aromatic N) is 1. The van der Waals surface area contributed by atoms with Gasteiger partial charge in [0, 0.05) is 28.2 Å². The van der Waals surface area contributed by atoms with Crippen LogP contribution in [-0.2, 0) is 16.6 Å². The molecule has 0 aliphatic heterocycles. The smallest absolute Gasteiger partial charge is 0.128 e. The van der Waals surface area contributed by atoms with Gasteiger partial charge in [0.15, 0.2) is 0 Å². The van der Waals surface area contributed by atoms with Crippen LogP contribution in [0.15, 0.2) is 18.2 Å². The number of hydrogen-bond donors (Lipinski definition) is 1. The number of nitriles is 1. The monoisotopic (exact) mass is 254 g/mol. The van der Waals surface area contributed by atoms with E-state index in [1.54, 1.807) is 0 Å². The first-order valence-corrected chi connectivity index (χ1v) is 6.81. The van der Waals surface area contributed by atoms with Crippen molar-refractivity contribution in [3.05, 3.63) is 35.1 Å². The number of halogens is 1. The van der Waals surface area contributed by atoms with Crippen molar-refractivity contribution in [1.82, 2.24) is 0 Å². The van der Waals surface area contributed by atoms with Crippen molar-refractivity contribution in [2.45, 2.75) is 25.1 Å². The van der Waals surface area contributed by atoms with E-state index in [0.29, 0.717) is 17.7 Å². The first kappa shape index (κ1) is 13.8. The zero-order valence-electron chi connectivity index (χ0n) is 9.65. The molecule has 2 atom stereocenters. The maximum absolute atomic E-state index is 13.5. The van der Waals surface area contributed by atoms with Gasteiger partial charge in [-0.05, 0) is 25.5 Å². The Balaban J connectivity index is 2.63. The molecule has 5 heteroatoms. The summed E-state index contributed by atoms with van der Waals surface area (Å²) in [6.07, 6.45) is 0.657.